The first kappa shape index (κ1) is 34.7. The van der Waals surface area contributed by atoms with Crippen LogP contribution in [-0.2, 0) is 0 Å². The second kappa shape index (κ2) is 17.0. The highest BCUT2D eigenvalue weighted by molar-refractivity contribution is 5.70. The van der Waals surface area contributed by atoms with Crippen LogP contribution in [0, 0.1) is 11.8 Å². The van der Waals surface area contributed by atoms with E-state index in [1.165, 1.54) is 88.1 Å². The van der Waals surface area contributed by atoms with Gasteiger partial charge in [-0.15, -0.1) is 0 Å². The Hall–Kier alpha value is -3.62. The quantitative estimate of drug-likeness (QED) is 0.214. The number of hydrogen-bond acceptors (Lipinski definition) is 2. The highest BCUT2D eigenvalue weighted by Gasteiger charge is 2.22. The first-order valence-corrected chi connectivity index (χ1v) is 18.4. The van der Waals surface area contributed by atoms with Gasteiger partial charge in [0.25, 0.3) is 0 Å². The minimum Gasteiger partial charge on any atom is -0.384 e. The Balaban J connectivity index is 1.48. The van der Waals surface area contributed by atoms with Gasteiger partial charge in [-0.05, 0) is 139 Å². The third-order valence-corrected chi connectivity index (χ3v) is 10.9. The van der Waals surface area contributed by atoms with Crippen molar-refractivity contribution in [1.29, 1.82) is 0 Å². The molecule has 1 aromatic rings. The predicted octanol–water partition coefficient (Wildman–Crippen LogP) is 9.75. The molecule has 3 N–H and O–H groups in total. The molecule has 2 atom stereocenters. The summed E-state index contributed by atoms with van der Waals surface area (Å²) in [7, 11) is 0. The van der Waals surface area contributed by atoms with Crippen LogP contribution in [0.3, 0.4) is 0 Å². The lowest BCUT2D eigenvalue weighted by molar-refractivity contribution is 0.557. The molecule has 4 aliphatic carbocycles. The van der Waals surface area contributed by atoms with Gasteiger partial charge in [0.2, 0.25) is 0 Å². The molecule has 0 spiro atoms. The van der Waals surface area contributed by atoms with Crippen molar-refractivity contribution in [3.8, 4) is 0 Å². The summed E-state index contributed by atoms with van der Waals surface area (Å²) < 4.78 is 0. The summed E-state index contributed by atoms with van der Waals surface area (Å²) in [6.07, 6.45) is 33.6. The molecule has 0 saturated heterocycles. The number of allylic oxidation sites excluding steroid dienone is 14. The molecule has 0 heterocycles. The van der Waals surface area contributed by atoms with Gasteiger partial charge < -0.3 is 11.1 Å². The third-order valence-electron chi connectivity index (χ3n) is 10.9. The summed E-state index contributed by atoms with van der Waals surface area (Å²) in [5, 5.41) is 6.79. The monoisotopic (exact) mass is 626 g/mol. The van der Waals surface area contributed by atoms with Gasteiger partial charge in [-0.2, -0.15) is 0 Å². The molecule has 2 heteroatoms. The maximum absolute atomic E-state index is 5.87. The van der Waals surface area contributed by atoms with Gasteiger partial charge in [0.1, 0.15) is 0 Å². The fourth-order valence-corrected chi connectivity index (χ4v) is 7.95. The number of rotatable bonds is 13. The van der Waals surface area contributed by atoms with E-state index in [0.717, 1.165) is 38.6 Å². The summed E-state index contributed by atoms with van der Waals surface area (Å²) in [6.45, 7) is 14.7. The molecular weight excluding hydrogens is 569 g/mol. The zero-order valence-electron chi connectivity index (χ0n) is 29.6. The predicted molar refractivity (Wildman–Crippen MR) is 205 cm³/mol. The summed E-state index contributed by atoms with van der Waals surface area (Å²) >= 11 is 0. The fraction of sp³-hybridized carbons (Fsp3) is 0.422. The van der Waals surface area contributed by atoms with Crippen LogP contribution in [0.1, 0.15) is 98.3 Å². The van der Waals surface area contributed by atoms with E-state index in [4.69, 9.17) is 5.73 Å². The Kier molecular flexibility index (Phi) is 12.5. The van der Waals surface area contributed by atoms with Crippen LogP contribution in [0.25, 0.3) is 11.1 Å². The zero-order chi connectivity index (χ0) is 33.2. The van der Waals surface area contributed by atoms with Crippen molar-refractivity contribution < 1.29 is 0 Å². The normalized spacial score (nSPS) is 21.6. The fourth-order valence-electron chi connectivity index (χ4n) is 7.95. The Morgan fingerprint density at radius 2 is 1.85 bits per heavy atom. The molecule has 5 rings (SSSR count). The van der Waals surface area contributed by atoms with Crippen molar-refractivity contribution in [1.82, 2.24) is 5.32 Å². The van der Waals surface area contributed by atoms with Crippen molar-refractivity contribution in [2.45, 2.75) is 98.3 Å². The lowest BCUT2D eigenvalue weighted by Crippen LogP contribution is -2.34. The SMILES string of the molecule is C=C/C(=C\CN)C1=CC=CC(C2=c3ccccc3=C(/C(C)=C/C=C(CNC3=C4CCCCC4=CCC3)/C(=C/C)CC(C)CC)CC2)C1. The van der Waals surface area contributed by atoms with Crippen molar-refractivity contribution in [2.75, 3.05) is 13.1 Å². The molecule has 248 valence electrons. The Morgan fingerprint density at radius 1 is 1.04 bits per heavy atom. The van der Waals surface area contributed by atoms with E-state index in [-0.39, 0.29) is 0 Å². The molecule has 0 aromatic heterocycles. The summed E-state index contributed by atoms with van der Waals surface area (Å²) in [6, 6.07) is 9.10. The molecule has 2 unspecified atom stereocenters. The number of fused-ring (bicyclic) bond motifs is 2. The molecule has 0 radical (unpaired) electrons. The van der Waals surface area contributed by atoms with Crippen molar-refractivity contribution in [3.05, 3.63) is 141 Å². The standard InChI is InChI=1S/C45H58N2/c1-6-32(4)29-35(8-3)39(31-47-45-22-14-16-36-15-9-10-19-42(36)45)24-23-33(5)40-25-26-41(44-21-12-11-20-43(40)44)38-18-13-17-37(30-38)34(7-2)27-28-46/h7-8,11-13,16-18,20-21,23-24,27,32,38,47H,2,6,9-10,14-15,19,22,25-26,28-31,46H2,1,3-5H3/b33-23+,34-27+,35-8+,39-24+. The Labute approximate surface area is 285 Å². The Morgan fingerprint density at radius 3 is 2.62 bits per heavy atom. The van der Waals surface area contributed by atoms with E-state index in [0.29, 0.717) is 18.4 Å². The first-order valence-electron chi connectivity index (χ1n) is 18.4. The number of nitrogens with one attached hydrogen (secondary N) is 1. The van der Waals surface area contributed by atoms with Crippen LogP contribution in [0.15, 0.2) is 130 Å². The van der Waals surface area contributed by atoms with Crippen LogP contribution < -0.4 is 21.5 Å². The number of benzene rings is 1. The largest absolute Gasteiger partial charge is 0.384 e. The van der Waals surface area contributed by atoms with Crippen molar-refractivity contribution in [3.63, 3.8) is 0 Å². The third kappa shape index (κ3) is 8.46. The second-order valence-electron chi connectivity index (χ2n) is 13.9. The smallest absolute Gasteiger partial charge is 0.0400 e. The number of hydrogen-bond donors (Lipinski definition) is 2. The van der Waals surface area contributed by atoms with Crippen LogP contribution in [-0.4, -0.2) is 13.1 Å². The van der Waals surface area contributed by atoms with E-state index >= 15 is 0 Å². The van der Waals surface area contributed by atoms with Gasteiger partial charge >= 0.3 is 0 Å². The molecule has 0 aliphatic heterocycles. The Bertz CT molecular complexity index is 1690. The highest BCUT2D eigenvalue weighted by Crippen LogP contribution is 2.36. The zero-order valence-corrected chi connectivity index (χ0v) is 29.6. The van der Waals surface area contributed by atoms with Gasteiger partial charge in [0.15, 0.2) is 0 Å². The van der Waals surface area contributed by atoms with Gasteiger partial charge in [0, 0.05) is 24.7 Å². The molecule has 1 fully saturated rings. The van der Waals surface area contributed by atoms with Gasteiger partial charge in [-0.25, -0.2) is 0 Å². The minimum atomic E-state index is 0.396. The van der Waals surface area contributed by atoms with E-state index in [1.54, 1.807) is 16.7 Å². The van der Waals surface area contributed by atoms with Gasteiger partial charge in [0.05, 0.1) is 0 Å². The molecule has 1 saturated carbocycles. The molecule has 2 nitrogen and oxygen atoms in total. The topological polar surface area (TPSA) is 38.0 Å². The molecule has 4 aliphatic rings. The van der Waals surface area contributed by atoms with Gasteiger partial charge in [-0.3, -0.25) is 0 Å². The maximum Gasteiger partial charge on any atom is 0.0400 e. The lowest BCUT2D eigenvalue weighted by atomic mass is 9.79. The molecular formula is C45H58N2. The van der Waals surface area contributed by atoms with Gasteiger partial charge in [-0.1, -0.05) is 111 Å². The average Bonchev–Trinajstić information content (AvgIpc) is 3.12. The van der Waals surface area contributed by atoms with E-state index in [2.05, 4.69) is 112 Å². The van der Waals surface area contributed by atoms with Crippen molar-refractivity contribution >= 4 is 11.1 Å². The highest BCUT2D eigenvalue weighted by atomic mass is 14.9. The molecule has 0 bridgehead atoms. The van der Waals surface area contributed by atoms with Crippen LogP contribution in [0.2, 0.25) is 0 Å². The van der Waals surface area contributed by atoms with E-state index in [1.807, 2.05) is 6.08 Å². The summed E-state index contributed by atoms with van der Waals surface area (Å²) in [4.78, 5) is 0. The molecule has 47 heavy (non-hydrogen) atoms. The van der Waals surface area contributed by atoms with Crippen LogP contribution >= 0.6 is 0 Å². The summed E-state index contributed by atoms with van der Waals surface area (Å²) in [5.74, 6) is 1.07. The summed E-state index contributed by atoms with van der Waals surface area (Å²) in [5.41, 5.74) is 20.4. The van der Waals surface area contributed by atoms with Crippen molar-refractivity contribution in [2.24, 2.45) is 17.6 Å². The number of nitrogens with two attached hydrogens (primary N) is 1. The van der Waals surface area contributed by atoms with Crippen LogP contribution in [0.4, 0.5) is 0 Å². The lowest BCUT2D eigenvalue weighted by Gasteiger charge is -2.27. The molecule has 1 aromatic carbocycles. The van der Waals surface area contributed by atoms with E-state index < -0.39 is 0 Å². The maximum atomic E-state index is 5.87. The van der Waals surface area contributed by atoms with E-state index in [9.17, 15) is 0 Å². The average molecular weight is 627 g/mol. The molecule has 0 amide bonds. The minimum absolute atomic E-state index is 0.396. The second-order valence-corrected chi connectivity index (χ2v) is 13.9. The first-order chi connectivity index (χ1) is 23.0. The van der Waals surface area contributed by atoms with Crippen LogP contribution in [0.5, 0.6) is 0 Å².